The number of fused-ring (bicyclic) bond motifs is 1. The molecule has 1 aromatic heterocycles. The van der Waals surface area contributed by atoms with E-state index in [2.05, 4.69) is 57.0 Å². The Morgan fingerprint density at radius 2 is 1.85 bits per heavy atom. The van der Waals surface area contributed by atoms with Crippen molar-refractivity contribution in [3.8, 4) is 0 Å². The summed E-state index contributed by atoms with van der Waals surface area (Å²) in [5.74, 6) is 0. The third-order valence-electron chi connectivity index (χ3n) is 3.82. The zero-order chi connectivity index (χ0) is 14.3. The van der Waals surface area contributed by atoms with Crippen LogP contribution in [0.3, 0.4) is 0 Å². The van der Waals surface area contributed by atoms with Gasteiger partial charge in [-0.3, -0.25) is 0 Å². The molecule has 4 heteroatoms. The van der Waals surface area contributed by atoms with Gasteiger partial charge in [0.25, 0.3) is 0 Å². The van der Waals surface area contributed by atoms with Crippen LogP contribution in [0.25, 0.3) is 0 Å². The van der Waals surface area contributed by atoms with Crippen molar-refractivity contribution in [2.45, 2.75) is 38.0 Å². The largest absolute Gasteiger partial charge is 0.143 e. The Bertz CT molecular complexity index is 625. The molecule has 1 atom stereocenters. The van der Waals surface area contributed by atoms with Crippen molar-refractivity contribution < 1.29 is 0 Å². The minimum atomic E-state index is -0.0723. The maximum atomic E-state index is 6.74. The first kappa shape index (κ1) is 15.1. The summed E-state index contributed by atoms with van der Waals surface area (Å²) >= 11 is 15.9. The Morgan fingerprint density at radius 3 is 2.60 bits per heavy atom. The predicted molar refractivity (Wildman–Crippen MR) is 95.2 cm³/mol. The van der Waals surface area contributed by atoms with Crippen LogP contribution in [-0.4, -0.2) is 0 Å². The van der Waals surface area contributed by atoms with Gasteiger partial charge in [0.05, 0.1) is 5.38 Å². The zero-order valence-corrected chi connectivity index (χ0v) is 15.9. The molecule has 1 aromatic carbocycles. The first-order valence-corrected chi connectivity index (χ1v) is 9.61. The molecular weight excluding hydrogens is 420 g/mol. The summed E-state index contributed by atoms with van der Waals surface area (Å²) in [6.45, 7) is 2.09. The minimum absolute atomic E-state index is 0.0723. The van der Waals surface area contributed by atoms with Crippen LogP contribution in [0.5, 0.6) is 0 Å². The monoisotopic (exact) mass is 432 g/mol. The molecule has 1 aliphatic rings. The molecule has 0 saturated carbocycles. The smallest absolute Gasteiger partial charge is 0.0939 e. The molecule has 0 fully saturated rings. The number of benzene rings is 1. The molecule has 0 nitrogen and oxygen atoms in total. The molecular formula is C16H15Br2ClS. The Balaban J connectivity index is 1.98. The van der Waals surface area contributed by atoms with Gasteiger partial charge in [-0.25, -0.2) is 0 Å². The van der Waals surface area contributed by atoms with Gasteiger partial charge in [0, 0.05) is 18.7 Å². The van der Waals surface area contributed by atoms with Gasteiger partial charge >= 0.3 is 0 Å². The van der Waals surface area contributed by atoms with Gasteiger partial charge < -0.3 is 0 Å². The van der Waals surface area contributed by atoms with E-state index in [0.717, 1.165) is 14.5 Å². The molecule has 0 aliphatic heterocycles. The Morgan fingerprint density at radius 1 is 1.10 bits per heavy atom. The van der Waals surface area contributed by atoms with E-state index in [9.17, 15) is 0 Å². The van der Waals surface area contributed by atoms with E-state index in [1.807, 2.05) is 11.3 Å². The lowest BCUT2D eigenvalue weighted by molar-refractivity contribution is 0.697. The zero-order valence-electron chi connectivity index (χ0n) is 11.2. The fourth-order valence-corrected chi connectivity index (χ4v) is 5.46. The number of hydrogen-bond donors (Lipinski definition) is 0. The molecule has 0 N–H and O–H groups in total. The van der Waals surface area contributed by atoms with Gasteiger partial charge in [0.15, 0.2) is 0 Å². The number of thiophene rings is 1. The highest BCUT2D eigenvalue weighted by molar-refractivity contribution is 9.11. The fourth-order valence-electron chi connectivity index (χ4n) is 2.65. The highest BCUT2D eigenvalue weighted by Crippen LogP contribution is 2.41. The van der Waals surface area contributed by atoms with Crippen molar-refractivity contribution in [3.63, 3.8) is 0 Å². The molecule has 0 bridgehead atoms. The normalized spacial score (nSPS) is 16.0. The van der Waals surface area contributed by atoms with Crippen molar-refractivity contribution in [2.75, 3.05) is 0 Å². The van der Waals surface area contributed by atoms with E-state index >= 15 is 0 Å². The number of alkyl halides is 1. The van der Waals surface area contributed by atoms with Gasteiger partial charge in [-0.1, -0.05) is 31.9 Å². The van der Waals surface area contributed by atoms with Crippen molar-refractivity contribution in [1.29, 1.82) is 0 Å². The van der Waals surface area contributed by atoms with Crippen molar-refractivity contribution in [2.24, 2.45) is 0 Å². The first-order chi connectivity index (χ1) is 9.56. The summed E-state index contributed by atoms with van der Waals surface area (Å²) in [4.78, 5) is 2.81. The average Bonchev–Trinajstić information content (AvgIpc) is 2.86. The molecule has 0 spiro atoms. The summed E-state index contributed by atoms with van der Waals surface area (Å²) < 4.78 is 2.20. The molecule has 20 heavy (non-hydrogen) atoms. The van der Waals surface area contributed by atoms with E-state index in [4.69, 9.17) is 11.6 Å². The summed E-state index contributed by atoms with van der Waals surface area (Å²) in [5.41, 5.74) is 3.88. The molecule has 0 saturated heterocycles. The Hall–Kier alpha value is 0.170. The topological polar surface area (TPSA) is 0 Å². The number of hydrogen-bond acceptors (Lipinski definition) is 1. The quantitative estimate of drug-likeness (QED) is 0.457. The third-order valence-corrected chi connectivity index (χ3v) is 7.26. The molecule has 2 aromatic rings. The highest BCUT2D eigenvalue weighted by atomic mass is 79.9. The lowest BCUT2D eigenvalue weighted by Gasteiger charge is -2.12. The van der Waals surface area contributed by atoms with E-state index in [0.29, 0.717) is 0 Å². The van der Waals surface area contributed by atoms with Crippen LogP contribution in [0.1, 0.15) is 44.7 Å². The Labute approximate surface area is 145 Å². The highest BCUT2D eigenvalue weighted by Gasteiger charge is 2.21. The van der Waals surface area contributed by atoms with Gasteiger partial charge in [-0.15, -0.1) is 22.9 Å². The molecule has 0 amide bonds. The first-order valence-electron chi connectivity index (χ1n) is 6.77. The third kappa shape index (κ3) is 2.87. The summed E-state index contributed by atoms with van der Waals surface area (Å²) in [7, 11) is 0. The van der Waals surface area contributed by atoms with Crippen LogP contribution in [-0.2, 0) is 12.8 Å². The van der Waals surface area contributed by atoms with E-state index in [1.54, 1.807) is 4.88 Å². The number of halogens is 3. The predicted octanol–water partition coefficient (Wildman–Crippen LogP) is 6.79. The van der Waals surface area contributed by atoms with Crippen molar-refractivity contribution in [3.05, 3.63) is 53.6 Å². The van der Waals surface area contributed by atoms with Crippen LogP contribution in [0.4, 0.5) is 0 Å². The molecule has 0 radical (unpaired) electrons. The molecule has 3 rings (SSSR count). The van der Waals surface area contributed by atoms with Gasteiger partial charge in [-0.05, 0) is 67.5 Å². The van der Waals surface area contributed by atoms with Crippen molar-refractivity contribution in [1.82, 2.24) is 0 Å². The van der Waals surface area contributed by atoms with E-state index < -0.39 is 0 Å². The second-order valence-corrected chi connectivity index (χ2v) is 8.60. The van der Waals surface area contributed by atoms with Crippen molar-refractivity contribution >= 4 is 54.8 Å². The number of aryl methyl sites for hydroxylation is 3. The summed E-state index contributed by atoms with van der Waals surface area (Å²) in [6, 6.07) is 6.58. The minimum Gasteiger partial charge on any atom is -0.143 e. The molecule has 106 valence electrons. The van der Waals surface area contributed by atoms with Crippen LogP contribution >= 0.6 is 54.8 Å². The standard InChI is InChI=1S/C16H15Br2ClS/c1-9-6-13(18)11(8-12(9)17)16(19)15-7-10-4-2-3-5-14(10)20-15/h6-8,16H,2-5H2,1H3. The lowest BCUT2D eigenvalue weighted by atomic mass is 9.98. The second-order valence-electron chi connectivity index (χ2n) is 5.29. The van der Waals surface area contributed by atoms with E-state index in [1.165, 1.54) is 41.7 Å². The Kier molecular flexibility index (Phi) is 4.61. The van der Waals surface area contributed by atoms with Gasteiger partial charge in [-0.2, -0.15) is 0 Å². The maximum absolute atomic E-state index is 6.74. The van der Waals surface area contributed by atoms with Crippen LogP contribution < -0.4 is 0 Å². The SMILES string of the molecule is Cc1cc(Br)c(C(Cl)c2cc3c(s2)CCCC3)cc1Br. The fraction of sp³-hybridized carbons (Fsp3) is 0.375. The van der Waals surface area contributed by atoms with Gasteiger partial charge in [0.1, 0.15) is 0 Å². The molecule has 1 unspecified atom stereocenters. The maximum Gasteiger partial charge on any atom is 0.0939 e. The van der Waals surface area contributed by atoms with E-state index in [-0.39, 0.29) is 5.38 Å². The number of rotatable bonds is 2. The lowest BCUT2D eigenvalue weighted by Crippen LogP contribution is -1.96. The van der Waals surface area contributed by atoms with Gasteiger partial charge in [0.2, 0.25) is 0 Å². The average molecular weight is 435 g/mol. The molecule has 1 aliphatic carbocycles. The summed E-state index contributed by atoms with van der Waals surface area (Å²) in [5, 5.41) is -0.0723. The van der Waals surface area contributed by atoms with Crippen LogP contribution in [0, 0.1) is 6.92 Å². The molecule has 1 heterocycles. The van der Waals surface area contributed by atoms with Crippen LogP contribution in [0.2, 0.25) is 0 Å². The summed E-state index contributed by atoms with van der Waals surface area (Å²) in [6.07, 6.45) is 5.08. The van der Waals surface area contributed by atoms with Crippen LogP contribution in [0.15, 0.2) is 27.1 Å². The second kappa shape index (κ2) is 6.12.